The SMILES string of the molecule is Cc1ccc(/C=C/C(=O)OCn2nnc3ccccc3c2=O)cc1Cl. The van der Waals surface area contributed by atoms with Crippen molar-refractivity contribution in [1.29, 1.82) is 0 Å². The Balaban J connectivity index is 1.68. The molecule has 6 nitrogen and oxygen atoms in total. The minimum absolute atomic E-state index is 0.311. The lowest BCUT2D eigenvalue weighted by Gasteiger charge is -2.04. The Kier molecular flexibility index (Phi) is 4.90. The number of fused-ring (bicyclic) bond motifs is 1. The van der Waals surface area contributed by atoms with E-state index in [-0.39, 0.29) is 12.3 Å². The topological polar surface area (TPSA) is 74.1 Å². The van der Waals surface area contributed by atoms with Gasteiger partial charge in [-0.15, -0.1) is 5.10 Å². The molecule has 3 rings (SSSR count). The number of carbonyl (C=O) groups is 1. The second-order valence-corrected chi connectivity index (χ2v) is 5.75. The summed E-state index contributed by atoms with van der Waals surface area (Å²) < 4.78 is 6.03. The summed E-state index contributed by atoms with van der Waals surface area (Å²) in [6, 6.07) is 12.3. The van der Waals surface area contributed by atoms with Crippen molar-refractivity contribution >= 4 is 34.5 Å². The van der Waals surface area contributed by atoms with Gasteiger partial charge in [0.25, 0.3) is 5.56 Å². The van der Waals surface area contributed by atoms with E-state index in [1.165, 1.54) is 6.08 Å². The highest BCUT2D eigenvalue weighted by atomic mass is 35.5. The van der Waals surface area contributed by atoms with Crippen molar-refractivity contribution in [3.05, 3.63) is 75.0 Å². The minimum Gasteiger partial charge on any atom is -0.439 e. The molecule has 1 heterocycles. The van der Waals surface area contributed by atoms with Crippen molar-refractivity contribution in [2.24, 2.45) is 0 Å². The number of halogens is 1. The van der Waals surface area contributed by atoms with Crippen molar-refractivity contribution in [3.63, 3.8) is 0 Å². The Morgan fingerprint density at radius 2 is 2.08 bits per heavy atom. The van der Waals surface area contributed by atoms with E-state index in [4.69, 9.17) is 16.3 Å². The maximum absolute atomic E-state index is 12.2. The minimum atomic E-state index is -0.599. The Hall–Kier alpha value is -2.99. The zero-order valence-corrected chi connectivity index (χ0v) is 14.1. The van der Waals surface area contributed by atoms with Crippen molar-refractivity contribution in [2.75, 3.05) is 0 Å². The van der Waals surface area contributed by atoms with Crippen LogP contribution < -0.4 is 5.56 Å². The molecule has 0 saturated carbocycles. The molecule has 0 amide bonds. The van der Waals surface area contributed by atoms with Gasteiger partial charge in [-0.2, -0.15) is 4.68 Å². The number of esters is 1. The van der Waals surface area contributed by atoms with Crippen LogP contribution in [0.25, 0.3) is 17.0 Å². The maximum Gasteiger partial charge on any atom is 0.332 e. The van der Waals surface area contributed by atoms with Crippen molar-refractivity contribution in [1.82, 2.24) is 15.0 Å². The summed E-state index contributed by atoms with van der Waals surface area (Å²) in [6.07, 6.45) is 2.85. The molecule has 0 aliphatic heterocycles. The monoisotopic (exact) mass is 355 g/mol. The van der Waals surface area contributed by atoms with Gasteiger partial charge >= 0.3 is 5.97 Å². The average molecular weight is 356 g/mol. The second kappa shape index (κ2) is 7.27. The van der Waals surface area contributed by atoms with Crippen LogP contribution in [0.3, 0.4) is 0 Å². The van der Waals surface area contributed by atoms with E-state index in [1.807, 2.05) is 19.1 Å². The number of rotatable bonds is 4. The van der Waals surface area contributed by atoms with Gasteiger partial charge in [0, 0.05) is 11.1 Å². The Labute approximate surface area is 148 Å². The van der Waals surface area contributed by atoms with Gasteiger partial charge in [-0.3, -0.25) is 4.79 Å². The van der Waals surface area contributed by atoms with Gasteiger partial charge in [-0.1, -0.05) is 41.1 Å². The fourth-order valence-electron chi connectivity index (χ4n) is 2.16. The van der Waals surface area contributed by atoms with Gasteiger partial charge in [-0.05, 0) is 42.3 Å². The lowest BCUT2D eigenvalue weighted by Crippen LogP contribution is -2.26. The lowest BCUT2D eigenvalue weighted by atomic mass is 10.1. The van der Waals surface area contributed by atoms with Crippen LogP contribution in [-0.4, -0.2) is 21.0 Å². The third-order valence-corrected chi connectivity index (χ3v) is 3.97. The summed E-state index contributed by atoms with van der Waals surface area (Å²) in [6.45, 7) is 1.58. The highest BCUT2D eigenvalue weighted by molar-refractivity contribution is 6.31. The predicted molar refractivity (Wildman–Crippen MR) is 95.1 cm³/mol. The lowest BCUT2D eigenvalue weighted by molar-refractivity contribution is -0.141. The molecule has 0 unspecified atom stereocenters. The number of carbonyl (C=O) groups excluding carboxylic acids is 1. The molecule has 0 spiro atoms. The van der Waals surface area contributed by atoms with Crippen LogP contribution in [0.5, 0.6) is 0 Å². The highest BCUT2D eigenvalue weighted by Crippen LogP contribution is 2.17. The number of aryl methyl sites for hydroxylation is 1. The Bertz CT molecular complexity index is 1030. The Morgan fingerprint density at radius 3 is 2.88 bits per heavy atom. The molecule has 0 atom stereocenters. The third-order valence-electron chi connectivity index (χ3n) is 3.57. The number of benzene rings is 2. The van der Waals surface area contributed by atoms with Gasteiger partial charge in [-0.25, -0.2) is 4.79 Å². The first kappa shape index (κ1) is 16.9. The number of aromatic nitrogens is 3. The average Bonchev–Trinajstić information content (AvgIpc) is 2.62. The maximum atomic E-state index is 12.2. The van der Waals surface area contributed by atoms with E-state index in [2.05, 4.69) is 10.3 Å². The first-order chi connectivity index (χ1) is 12.0. The standard InChI is InChI=1S/C18H14ClN3O3/c1-12-6-7-13(10-15(12)19)8-9-17(23)25-11-22-18(24)14-4-2-3-5-16(14)20-21-22/h2-10H,11H2,1H3/b9-8+. The van der Waals surface area contributed by atoms with Crippen LogP contribution in [0, 0.1) is 6.92 Å². The molecule has 1 aromatic heterocycles. The zero-order valence-electron chi connectivity index (χ0n) is 13.3. The summed E-state index contributed by atoms with van der Waals surface area (Å²) in [5, 5.41) is 8.71. The molecule has 0 fully saturated rings. The van der Waals surface area contributed by atoms with E-state index < -0.39 is 5.97 Å². The predicted octanol–water partition coefficient (Wildman–Crippen LogP) is 2.97. The summed E-state index contributed by atoms with van der Waals surface area (Å²) in [5.74, 6) is -0.599. The number of hydrogen-bond acceptors (Lipinski definition) is 5. The fraction of sp³-hybridized carbons (Fsp3) is 0.111. The van der Waals surface area contributed by atoms with E-state index in [0.29, 0.717) is 15.9 Å². The first-order valence-corrected chi connectivity index (χ1v) is 7.86. The summed E-state index contributed by atoms with van der Waals surface area (Å²) in [7, 11) is 0. The third kappa shape index (κ3) is 3.92. The molecule has 126 valence electrons. The molecule has 3 aromatic rings. The molecule has 2 aromatic carbocycles. The first-order valence-electron chi connectivity index (χ1n) is 7.48. The smallest absolute Gasteiger partial charge is 0.332 e. The van der Waals surface area contributed by atoms with E-state index in [9.17, 15) is 9.59 Å². The van der Waals surface area contributed by atoms with Gasteiger partial charge in [0.1, 0.15) is 5.52 Å². The summed E-state index contributed by atoms with van der Waals surface area (Å²) in [4.78, 5) is 24.0. The Morgan fingerprint density at radius 1 is 1.28 bits per heavy atom. The van der Waals surface area contributed by atoms with E-state index in [0.717, 1.165) is 15.8 Å². The number of nitrogens with zero attached hydrogens (tertiary/aromatic N) is 3. The molecule has 0 saturated heterocycles. The van der Waals surface area contributed by atoms with Crippen molar-refractivity contribution in [2.45, 2.75) is 13.7 Å². The van der Waals surface area contributed by atoms with Crippen LogP contribution in [0.2, 0.25) is 5.02 Å². The molecule has 0 aliphatic carbocycles. The van der Waals surface area contributed by atoms with Gasteiger partial charge in [0.2, 0.25) is 0 Å². The van der Waals surface area contributed by atoms with Crippen LogP contribution in [0.4, 0.5) is 0 Å². The molecule has 0 radical (unpaired) electrons. The molecule has 0 aliphatic rings. The van der Waals surface area contributed by atoms with Gasteiger partial charge in [0.15, 0.2) is 6.73 Å². The molecule has 0 N–H and O–H groups in total. The van der Waals surface area contributed by atoms with Crippen molar-refractivity contribution in [3.8, 4) is 0 Å². The second-order valence-electron chi connectivity index (χ2n) is 5.35. The van der Waals surface area contributed by atoms with E-state index >= 15 is 0 Å². The van der Waals surface area contributed by atoms with Gasteiger partial charge in [0.05, 0.1) is 5.39 Å². The van der Waals surface area contributed by atoms with Gasteiger partial charge < -0.3 is 4.74 Å². The van der Waals surface area contributed by atoms with Crippen LogP contribution in [-0.2, 0) is 16.3 Å². The van der Waals surface area contributed by atoms with Crippen molar-refractivity contribution < 1.29 is 9.53 Å². The molecule has 25 heavy (non-hydrogen) atoms. The van der Waals surface area contributed by atoms with Crippen LogP contribution in [0.15, 0.2) is 53.3 Å². The van der Waals surface area contributed by atoms with Crippen LogP contribution in [0.1, 0.15) is 11.1 Å². The summed E-state index contributed by atoms with van der Waals surface area (Å²) in [5.41, 5.74) is 1.85. The number of hydrogen-bond donors (Lipinski definition) is 0. The largest absolute Gasteiger partial charge is 0.439 e. The normalized spacial score (nSPS) is 11.1. The quantitative estimate of drug-likeness (QED) is 0.531. The number of ether oxygens (including phenoxy) is 1. The fourth-order valence-corrected chi connectivity index (χ4v) is 2.35. The zero-order chi connectivity index (χ0) is 17.8. The highest BCUT2D eigenvalue weighted by Gasteiger charge is 2.06. The molecular formula is C18H14ClN3O3. The van der Waals surface area contributed by atoms with Crippen LogP contribution >= 0.6 is 11.6 Å². The molecular weight excluding hydrogens is 342 g/mol. The molecule has 0 bridgehead atoms. The summed E-state index contributed by atoms with van der Waals surface area (Å²) >= 11 is 6.03. The molecule has 7 heteroatoms. The van der Waals surface area contributed by atoms with E-state index in [1.54, 1.807) is 36.4 Å².